The van der Waals surface area contributed by atoms with Crippen LogP contribution in [-0.4, -0.2) is 12.4 Å². The summed E-state index contributed by atoms with van der Waals surface area (Å²) in [4.78, 5) is 4.53. The summed E-state index contributed by atoms with van der Waals surface area (Å²) in [5.41, 5.74) is 1.03. The number of hydrogen-bond donors (Lipinski definition) is 1. The summed E-state index contributed by atoms with van der Waals surface area (Å²) in [6.07, 6.45) is 8.30. The molecular weight excluding hydrogens is 220 g/mol. The molecule has 2 nitrogen and oxygen atoms in total. The number of aliphatic imine (C=N–C) groups is 1. The molecule has 1 aliphatic carbocycles. The third kappa shape index (κ3) is 3.53. The zero-order valence-electron chi connectivity index (χ0n) is 9.32. The fourth-order valence-corrected chi connectivity index (χ4v) is 2.12. The quantitative estimate of drug-likeness (QED) is 0.620. The molecule has 0 atom stereocenters. The van der Waals surface area contributed by atoms with Gasteiger partial charge < -0.3 is 5.32 Å². The highest BCUT2D eigenvalue weighted by Crippen LogP contribution is 2.20. The van der Waals surface area contributed by atoms with Crippen molar-refractivity contribution < 1.29 is 0 Å². The highest BCUT2D eigenvalue weighted by atomic mass is 35.5. The molecule has 86 valence electrons. The largest absolute Gasteiger partial charge is 0.347 e. The molecule has 0 aliphatic heterocycles. The van der Waals surface area contributed by atoms with Crippen molar-refractivity contribution in [1.29, 1.82) is 0 Å². The molecule has 0 unspecified atom stereocenters. The van der Waals surface area contributed by atoms with Crippen LogP contribution in [0.3, 0.4) is 0 Å². The topological polar surface area (TPSA) is 24.4 Å². The Morgan fingerprint density at radius 1 is 1.12 bits per heavy atom. The van der Waals surface area contributed by atoms with E-state index in [2.05, 4.69) is 10.3 Å². The first-order valence-electron chi connectivity index (χ1n) is 5.88. The number of anilines is 1. The lowest BCUT2D eigenvalue weighted by Crippen LogP contribution is -2.11. The summed E-state index contributed by atoms with van der Waals surface area (Å²) < 4.78 is 0. The van der Waals surface area contributed by atoms with Crippen LogP contribution in [0.5, 0.6) is 0 Å². The van der Waals surface area contributed by atoms with Gasteiger partial charge >= 0.3 is 0 Å². The van der Waals surface area contributed by atoms with Crippen molar-refractivity contribution >= 4 is 23.6 Å². The average molecular weight is 237 g/mol. The Balaban J connectivity index is 1.81. The molecule has 0 bridgehead atoms. The van der Waals surface area contributed by atoms with E-state index < -0.39 is 0 Å². The first-order valence-corrected chi connectivity index (χ1v) is 6.26. The first kappa shape index (κ1) is 11.5. The number of rotatable bonds is 3. The second kappa shape index (κ2) is 5.90. The molecule has 0 amide bonds. The number of halogens is 1. The maximum atomic E-state index is 5.81. The Morgan fingerprint density at radius 2 is 1.81 bits per heavy atom. The Kier molecular flexibility index (Phi) is 4.23. The van der Waals surface area contributed by atoms with Crippen molar-refractivity contribution in [3.8, 4) is 0 Å². The summed E-state index contributed by atoms with van der Waals surface area (Å²) in [6.45, 7) is 0. The lowest BCUT2D eigenvalue weighted by Gasteiger charge is -2.17. The Bertz CT molecular complexity index is 339. The highest BCUT2D eigenvalue weighted by Gasteiger charge is 2.10. The van der Waals surface area contributed by atoms with Gasteiger partial charge in [-0.25, -0.2) is 0 Å². The minimum absolute atomic E-state index is 0.522. The van der Waals surface area contributed by atoms with Gasteiger partial charge in [0.15, 0.2) is 0 Å². The first-order chi connectivity index (χ1) is 7.84. The molecule has 3 heteroatoms. The Hall–Kier alpha value is -1.02. The van der Waals surface area contributed by atoms with E-state index in [0.29, 0.717) is 6.04 Å². The van der Waals surface area contributed by atoms with Crippen LogP contribution in [0.15, 0.2) is 29.3 Å². The molecule has 1 saturated carbocycles. The van der Waals surface area contributed by atoms with E-state index in [0.717, 1.165) is 10.7 Å². The fourth-order valence-electron chi connectivity index (χ4n) is 1.99. The molecule has 0 spiro atoms. The Labute approximate surface area is 102 Å². The zero-order chi connectivity index (χ0) is 11.2. The number of hydrogen-bond acceptors (Lipinski definition) is 1. The van der Waals surface area contributed by atoms with Crippen LogP contribution in [0.25, 0.3) is 0 Å². The maximum Gasteiger partial charge on any atom is 0.0871 e. The van der Waals surface area contributed by atoms with Gasteiger partial charge in [0.25, 0.3) is 0 Å². The second-order valence-corrected chi connectivity index (χ2v) is 4.66. The van der Waals surface area contributed by atoms with E-state index in [1.165, 1.54) is 32.1 Å². The summed E-state index contributed by atoms with van der Waals surface area (Å²) >= 11 is 5.81. The average Bonchev–Trinajstić information content (AvgIpc) is 2.33. The van der Waals surface area contributed by atoms with Gasteiger partial charge in [-0.15, -0.1) is 0 Å². The van der Waals surface area contributed by atoms with Gasteiger partial charge in [0, 0.05) is 10.7 Å². The molecule has 1 aliphatic rings. The van der Waals surface area contributed by atoms with E-state index in [4.69, 9.17) is 11.6 Å². The van der Waals surface area contributed by atoms with Crippen LogP contribution in [0.2, 0.25) is 5.02 Å². The molecule has 1 aromatic carbocycles. The summed E-state index contributed by atoms with van der Waals surface area (Å²) in [5, 5.41) is 3.93. The molecule has 0 aromatic heterocycles. The highest BCUT2D eigenvalue weighted by molar-refractivity contribution is 6.30. The number of benzene rings is 1. The Morgan fingerprint density at radius 3 is 2.50 bits per heavy atom. The predicted molar refractivity (Wildman–Crippen MR) is 70.4 cm³/mol. The van der Waals surface area contributed by atoms with Crippen LogP contribution in [0.1, 0.15) is 32.1 Å². The molecule has 0 radical (unpaired) electrons. The van der Waals surface area contributed by atoms with Gasteiger partial charge in [0.2, 0.25) is 0 Å². The van der Waals surface area contributed by atoms with Gasteiger partial charge in [0.05, 0.1) is 12.4 Å². The SMILES string of the molecule is Clc1ccc(NC=NC2CCCCC2)cc1. The van der Waals surface area contributed by atoms with E-state index in [-0.39, 0.29) is 0 Å². The van der Waals surface area contributed by atoms with Crippen molar-refractivity contribution in [3.05, 3.63) is 29.3 Å². The summed E-state index contributed by atoms with van der Waals surface area (Å²) in [7, 11) is 0. The summed E-state index contributed by atoms with van der Waals surface area (Å²) in [6, 6.07) is 8.18. The standard InChI is InChI=1S/C13H17ClN2/c14-11-6-8-13(9-7-11)16-10-15-12-4-2-1-3-5-12/h6-10,12H,1-5H2,(H,15,16). The molecule has 1 fully saturated rings. The third-order valence-electron chi connectivity index (χ3n) is 2.94. The molecule has 16 heavy (non-hydrogen) atoms. The normalized spacial score (nSPS) is 17.8. The van der Waals surface area contributed by atoms with Crippen molar-refractivity contribution in [2.75, 3.05) is 5.32 Å². The van der Waals surface area contributed by atoms with Gasteiger partial charge in [-0.2, -0.15) is 0 Å². The van der Waals surface area contributed by atoms with Crippen molar-refractivity contribution in [2.24, 2.45) is 4.99 Å². The van der Waals surface area contributed by atoms with Crippen LogP contribution >= 0.6 is 11.6 Å². The van der Waals surface area contributed by atoms with Gasteiger partial charge in [-0.05, 0) is 37.1 Å². The minimum Gasteiger partial charge on any atom is -0.347 e. The van der Waals surface area contributed by atoms with Crippen molar-refractivity contribution in [1.82, 2.24) is 0 Å². The van der Waals surface area contributed by atoms with E-state index in [1.807, 2.05) is 30.6 Å². The molecule has 1 N–H and O–H groups in total. The van der Waals surface area contributed by atoms with Crippen LogP contribution < -0.4 is 5.32 Å². The molecule has 1 aromatic rings. The van der Waals surface area contributed by atoms with E-state index in [1.54, 1.807) is 0 Å². The zero-order valence-corrected chi connectivity index (χ0v) is 10.1. The minimum atomic E-state index is 0.522. The molecule has 0 saturated heterocycles. The fraction of sp³-hybridized carbons (Fsp3) is 0.462. The number of nitrogens with one attached hydrogen (secondary N) is 1. The van der Waals surface area contributed by atoms with Crippen LogP contribution in [0.4, 0.5) is 5.69 Å². The lowest BCUT2D eigenvalue weighted by molar-refractivity contribution is 0.444. The van der Waals surface area contributed by atoms with Crippen LogP contribution in [-0.2, 0) is 0 Å². The molecule has 2 rings (SSSR count). The van der Waals surface area contributed by atoms with Gasteiger partial charge in [-0.3, -0.25) is 4.99 Å². The summed E-state index contributed by atoms with van der Waals surface area (Å²) in [5.74, 6) is 0. The van der Waals surface area contributed by atoms with Gasteiger partial charge in [0.1, 0.15) is 0 Å². The van der Waals surface area contributed by atoms with Gasteiger partial charge in [-0.1, -0.05) is 30.9 Å². The third-order valence-corrected chi connectivity index (χ3v) is 3.19. The van der Waals surface area contributed by atoms with E-state index >= 15 is 0 Å². The maximum absolute atomic E-state index is 5.81. The number of nitrogens with zero attached hydrogens (tertiary/aromatic N) is 1. The lowest BCUT2D eigenvalue weighted by atomic mass is 9.96. The second-order valence-electron chi connectivity index (χ2n) is 4.22. The predicted octanol–water partition coefficient (Wildman–Crippen LogP) is 4.11. The molecular formula is C13H17ClN2. The van der Waals surface area contributed by atoms with Crippen molar-refractivity contribution in [3.63, 3.8) is 0 Å². The monoisotopic (exact) mass is 236 g/mol. The van der Waals surface area contributed by atoms with E-state index in [9.17, 15) is 0 Å². The molecule has 0 heterocycles. The smallest absolute Gasteiger partial charge is 0.0871 e. The van der Waals surface area contributed by atoms with Crippen molar-refractivity contribution in [2.45, 2.75) is 38.1 Å². The van der Waals surface area contributed by atoms with Crippen LogP contribution in [0, 0.1) is 0 Å².